The average Bonchev–Trinajstić information content (AvgIpc) is 3.05. The molecule has 0 spiro atoms. The number of hydrogen-bond acceptors (Lipinski definition) is 11. The lowest BCUT2D eigenvalue weighted by Gasteiger charge is -2.40. The van der Waals surface area contributed by atoms with Gasteiger partial charge in [-0.05, 0) is 43.5 Å². The van der Waals surface area contributed by atoms with Gasteiger partial charge in [0.1, 0.15) is 36.3 Å². The fourth-order valence-electron chi connectivity index (χ4n) is 5.11. The minimum absolute atomic E-state index is 0.0852. The molecule has 13 nitrogen and oxygen atoms in total. The topological polar surface area (TPSA) is 207 Å². The SMILES string of the molecule is CC[C@@H](O)[C@@H](O)[C@H](CO[C@H]1OC(CO)[C@H](O)C(O)C1O)NC(=O)CCCCCCCCCCCNC(=O)c1ccc(OC)cc1. The number of aliphatic hydroxyl groups excluding tert-OH is 6. The molecule has 2 amide bonds. The van der Waals surface area contributed by atoms with E-state index in [1.54, 1.807) is 38.3 Å². The number of carbonyl (C=O) groups is 2. The summed E-state index contributed by atoms with van der Waals surface area (Å²) in [7, 11) is 1.59. The number of rotatable bonds is 22. The second-order valence-electron chi connectivity index (χ2n) is 11.6. The van der Waals surface area contributed by atoms with Crippen molar-refractivity contribution in [2.75, 3.05) is 26.9 Å². The molecule has 8 atom stereocenters. The summed E-state index contributed by atoms with van der Waals surface area (Å²) in [5.41, 5.74) is 0.613. The van der Waals surface area contributed by atoms with Gasteiger partial charge in [-0.1, -0.05) is 51.9 Å². The van der Waals surface area contributed by atoms with Gasteiger partial charge in [0.15, 0.2) is 6.29 Å². The first kappa shape index (κ1) is 38.8. The molecular weight excluding hydrogens is 588 g/mol. The van der Waals surface area contributed by atoms with Crippen LogP contribution >= 0.6 is 0 Å². The Labute approximate surface area is 265 Å². The summed E-state index contributed by atoms with van der Waals surface area (Å²) >= 11 is 0. The predicted octanol–water partition coefficient (Wildman–Crippen LogP) is 0.759. The monoisotopic (exact) mass is 642 g/mol. The minimum atomic E-state index is -1.62. The number of nitrogens with one attached hydrogen (secondary N) is 2. The third-order valence-corrected chi connectivity index (χ3v) is 8.08. The van der Waals surface area contributed by atoms with E-state index in [0.717, 1.165) is 51.4 Å². The van der Waals surface area contributed by atoms with Crippen molar-refractivity contribution >= 4 is 11.8 Å². The van der Waals surface area contributed by atoms with E-state index in [-0.39, 0.29) is 31.3 Å². The van der Waals surface area contributed by atoms with Crippen LogP contribution in [0.25, 0.3) is 0 Å². The summed E-state index contributed by atoms with van der Waals surface area (Å²) in [5, 5.41) is 65.8. The Kier molecular flexibility index (Phi) is 18.5. The number of unbranched alkanes of at least 4 members (excludes halogenated alkanes) is 8. The standard InChI is InChI=1S/C32H54N2O11/c1-3-24(36)27(38)23(20-44-32-30(41)29(40)28(39)25(19-35)45-32)34-26(37)13-11-9-7-5-4-6-8-10-12-18-33-31(42)21-14-16-22(43-2)17-15-21/h14-17,23-25,27-30,32,35-36,38-41H,3-13,18-20H2,1-2H3,(H,33,42)(H,34,37)/t23-,24+,25?,27-,28-,29?,30?,32-/m0/s1. The molecule has 1 heterocycles. The van der Waals surface area contributed by atoms with Gasteiger partial charge in [-0.15, -0.1) is 0 Å². The van der Waals surface area contributed by atoms with Crippen LogP contribution in [-0.2, 0) is 14.3 Å². The lowest BCUT2D eigenvalue weighted by Crippen LogP contribution is -2.60. The Morgan fingerprint density at radius 2 is 1.49 bits per heavy atom. The first-order valence-electron chi connectivity index (χ1n) is 16.1. The van der Waals surface area contributed by atoms with Gasteiger partial charge in [0, 0.05) is 18.5 Å². The highest BCUT2D eigenvalue weighted by atomic mass is 16.7. The van der Waals surface area contributed by atoms with Gasteiger partial charge >= 0.3 is 0 Å². The quantitative estimate of drug-likeness (QED) is 0.0829. The van der Waals surface area contributed by atoms with Crippen LogP contribution in [-0.4, -0.2) is 118 Å². The van der Waals surface area contributed by atoms with E-state index in [1.165, 1.54) is 0 Å². The summed E-state index contributed by atoms with van der Waals surface area (Å²) in [4.78, 5) is 24.8. The molecule has 8 N–H and O–H groups in total. The van der Waals surface area contributed by atoms with Crippen LogP contribution in [0.15, 0.2) is 24.3 Å². The highest BCUT2D eigenvalue weighted by Crippen LogP contribution is 2.22. The van der Waals surface area contributed by atoms with Crippen LogP contribution < -0.4 is 15.4 Å². The summed E-state index contributed by atoms with van der Waals surface area (Å²) in [5.74, 6) is 0.309. The van der Waals surface area contributed by atoms with Crippen molar-refractivity contribution in [2.45, 2.75) is 127 Å². The van der Waals surface area contributed by atoms with Gasteiger partial charge in [-0.25, -0.2) is 0 Å². The van der Waals surface area contributed by atoms with Gasteiger partial charge in [0.25, 0.3) is 5.91 Å². The second kappa shape index (κ2) is 21.4. The molecule has 0 saturated carbocycles. The van der Waals surface area contributed by atoms with E-state index < -0.39 is 55.6 Å². The van der Waals surface area contributed by atoms with Gasteiger partial charge < -0.3 is 55.5 Å². The molecule has 1 aromatic rings. The molecule has 13 heteroatoms. The number of carbonyl (C=O) groups excluding carboxylic acids is 2. The Balaban J connectivity index is 1.58. The van der Waals surface area contributed by atoms with E-state index in [1.807, 2.05) is 0 Å². The van der Waals surface area contributed by atoms with Crippen LogP contribution in [0.2, 0.25) is 0 Å². The second-order valence-corrected chi connectivity index (χ2v) is 11.6. The molecule has 1 aromatic carbocycles. The molecule has 1 fully saturated rings. The van der Waals surface area contributed by atoms with Crippen LogP contribution in [0.5, 0.6) is 5.75 Å². The molecular formula is C32H54N2O11. The molecule has 0 radical (unpaired) electrons. The molecule has 258 valence electrons. The lowest BCUT2D eigenvalue weighted by molar-refractivity contribution is -0.303. The highest BCUT2D eigenvalue weighted by molar-refractivity contribution is 5.94. The summed E-state index contributed by atoms with van der Waals surface area (Å²) in [6, 6.07) is 6.00. The van der Waals surface area contributed by atoms with Gasteiger partial charge in [0.05, 0.1) is 32.5 Å². The number of methoxy groups -OCH3 is 1. The number of ether oxygens (including phenoxy) is 3. The first-order valence-corrected chi connectivity index (χ1v) is 16.1. The largest absolute Gasteiger partial charge is 0.497 e. The van der Waals surface area contributed by atoms with E-state index >= 15 is 0 Å². The average molecular weight is 643 g/mol. The molecule has 1 aliphatic heterocycles. The van der Waals surface area contributed by atoms with Gasteiger partial charge in [0.2, 0.25) is 5.91 Å². The molecule has 45 heavy (non-hydrogen) atoms. The van der Waals surface area contributed by atoms with E-state index in [0.29, 0.717) is 24.3 Å². The Hall–Kier alpha value is -2.36. The van der Waals surface area contributed by atoms with Crippen LogP contribution in [0, 0.1) is 0 Å². The third-order valence-electron chi connectivity index (χ3n) is 8.08. The van der Waals surface area contributed by atoms with Crippen molar-refractivity contribution in [2.24, 2.45) is 0 Å². The normalized spacial score (nSPS) is 23.6. The number of amides is 2. The Morgan fingerprint density at radius 1 is 0.889 bits per heavy atom. The third kappa shape index (κ3) is 13.5. The van der Waals surface area contributed by atoms with Crippen molar-refractivity contribution in [3.63, 3.8) is 0 Å². The van der Waals surface area contributed by atoms with Gasteiger partial charge in [-0.2, -0.15) is 0 Å². The smallest absolute Gasteiger partial charge is 0.251 e. The van der Waals surface area contributed by atoms with Crippen LogP contribution in [0.3, 0.4) is 0 Å². The number of benzene rings is 1. The maximum absolute atomic E-state index is 12.6. The Bertz CT molecular complexity index is 965. The molecule has 3 unspecified atom stereocenters. The van der Waals surface area contributed by atoms with E-state index in [4.69, 9.17) is 14.2 Å². The maximum atomic E-state index is 12.6. The zero-order valence-corrected chi connectivity index (χ0v) is 26.6. The first-order chi connectivity index (χ1) is 21.6. The van der Waals surface area contributed by atoms with Crippen molar-refractivity contribution < 1.29 is 54.4 Å². The van der Waals surface area contributed by atoms with Crippen molar-refractivity contribution in [3.8, 4) is 5.75 Å². The molecule has 2 rings (SSSR count). The maximum Gasteiger partial charge on any atom is 0.251 e. The van der Waals surface area contributed by atoms with E-state index in [9.17, 15) is 40.2 Å². The molecule has 0 aromatic heterocycles. The van der Waals surface area contributed by atoms with E-state index in [2.05, 4.69) is 10.6 Å². The fraction of sp³-hybridized carbons (Fsp3) is 0.750. The van der Waals surface area contributed by atoms with Crippen LogP contribution in [0.1, 0.15) is 87.9 Å². The fourth-order valence-corrected chi connectivity index (χ4v) is 5.11. The molecule has 1 saturated heterocycles. The summed E-state index contributed by atoms with van der Waals surface area (Å²) in [6.07, 6.45) is -0.511. The number of aliphatic hydroxyl groups is 6. The zero-order valence-electron chi connectivity index (χ0n) is 26.6. The molecule has 0 aliphatic carbocycles. The summed E-state index contributed by atoms with van der Waals surface area (Å²) < 4.78 is 15.9. The van der Waals surface area contributed by atoms with Crippen molar-refractivity contribution in [1.82, 2.24) is 10.6 Å². The van der Waals surface area contributed by atoms with Crippen molar-refractivity contribution in [3.05, 3.63) is 29.8 Å². The highest BCUT2D eigenvalue weighted by Gasteiger charge is 2.44. The summed E-state index contributed by atoms with van der Waals surface area (Å²) in [6.45, 7) is 1.36. The van der Waals surface area contributed by atoms with Gasteiger partial charge in [-0.3, -0.25) is 9.59 Å². The lowest BCUT2D eigenvalue weighted by atomic mass is 9.99. The molecule has 0 bridgehead atoms. The van der Waals surface area contributed by atoms with Crippen molar-refractivity contribution in [1.29, 1.82) is 0 Å². The van der Waals surface area contributed by atoms with Crippen LogP contribution in [0.4, 0.5) is 0 Å². The predicted molar refractivity (Wildman–Crippen MR) is 165 cm³/mol. The Morgan fingerprint density at radius 3 is 2.07 bits per heavy atom. The minimum Gasteiger partial charge on any atom is -0.497 e. The number of hydrogen-bond donors (Lipinski definition) is 8. The zero-order chi connectivity index (χ0) is 33.2. The molecule has 1 aliphatic rings.